The number of aromatic nitrogens is 1. The molecular formula is C11H18IN3OS. The number of rotatable bonds is 4. The van der Waals surface area contributed by atoms with Crippen molar-refractivity contribution in [3.05, 3.63) is 14.1 Å². The van der Waals surface area contributed by atoms with Crippen LogP contribution in [0.15, 0.2) is 6.20 Å². The Kier molecular flexibility index (Phi) is 5.16. The highest BCUT2D eigenvalue weighted by Crippen LogP contribution is 2.23. The van der Waals surface area contributed by atoms with Gasteiger partial charge in [0.1, 0.15) is 5.01 Å². The molecule has 1 saturated heterocycles. The van der Waals surface area contributed by atoms with Gasteiger partial charge in [0, 0.05) is 26.2 Å². The van der Waals surface area contributed by atoms with Crippen LogP contribution in [0.5, 0.6) is 0 Å². The highest BCUT2D eigenvalue weighted by molar-refractivity contribution is 14.1. The van der Waals surface area contributed by atoms with Crippen LogP contribution in [-0.4, -0.2) is 42.2 Å². The first kappa shape index (κ1) is 13.7. The molecule has 17 heavy (non-hydrogen) atoms. The zero-order chi connectivity index (χ0) is 12.3. The van der Waals surface area contributed by atoms with Crippen LogP contribution < -0.4 is 5.73 Å². The Morgan fingerprint density at radius 1 is 1.71 bits per heavy atom. The highest BCUT2D eigenvalue weighted by atomic mass is 127. The Hall–Kier alpha value is 0.240. The summed E-state index contributed by atoms with van der Waals surface area (Å²) in [6, 6.07) is 0.426. The largest absolute Gasteiger partial charge is 0.381 e. The predicted molar refractivity (Wildman–Crippen MR) is 78.1 cm³/mol. The number of hydrogen-bond acceptors (Lipinski definition) is 5. The van der Waals surface area contributed by atoms with Crippen molar-refractivity contribution in [1.82, 2.24) is 9.88 Å². The van der Waals surface area contributed by atoms with Gasteiger partial charge in [0.25, 0.3) is 0 Å². The lowest BCUT2D eigenvalue weighted by Crippen LogP contribution is -2.47. The summed E-state index contributed by atoms with van der Waals surface area (Å²) in [7, 11) is 1.79. The molecule has 1 fully saturated rings. The molecule has 0 radical (unpaired) electrons. The van der Waals surface area contributed by atoms with Crippen molar-refractivity contribution in [3.63, 3.8) is 0 Å². The SMILES string of the molecule is COC1CCN(Cc2ncc(I)s2)C(CN)C1. The maximum atomic E-state index is 5.85. The van der Waals surface area contributed by atoms with Gasteiger partial charge in [-0.15, -0.1) is 11.3 Å². The molecule has 2 unspecified atom stereocenters. The van der Waals surface area contributed by atoms with Gasteiger partial charge in [-0.2, -0.15) is 0 Å². The number of halogens is 1. The van der Waals surface area contributed by atoms with Crippen molar-refractivity contribution in [2.24, 2.45) is 5.73 Å². The van der Waals surface area contributed by atoms with E-state index in [-0.39, 0.29) is 0 Å². The second-order valence-corrected chi connectivity index (χ2v) is 7.31. The third kappa shape index (κ3) is 3.60. The van der Waals surface area contributed by atoms with Gasteiger partial charge in [-0.05, 0) is 35.4 Å². The molecular weight excluding hydrogens is 349 g/mol. The summed E-state index contributed by atoms with van der Waals surface area (Å²) in [5, 5.41) is 1.18. The van der Waals surface area contributed by atoms with Gasteiger partial charge in [-0.25, -0.2) is 4.98 Å². The number of piperidine rings is 1. The average molecular weight is 367 g/mol. The molecule has 0 amide bonds. The van der Waals surface area contributed by atoms with Gasteiger partial charge in [0.15, 0.2) is 0 Å². The summed E-state index contributed by atoms with van der Waals surface area (Å²) in [6.45, 7) is 2.67. The standard InChI is InChI=1S/C11H18IN3OS/c1-16-9-2-3-15(8(4-9)5-13)7-11-14-6-10(12)17-11/h6,8-9H,2-5,7,13H2,1H3. The molecule has 1 aliphatic rings. The normalized spacial score (nSPS) is 26.3. The van der Waals surface area contributed by atoms with Gasteiger partial charge >= 0.3 is 0 Å². The first-order valence-electron chi connectivity index (χ1n) is 5.80. The molecule has 0 bridgehead atoms. The Labute approximate surface area is 120 Å². The Morgan fingerprint density at radius 3 is 3.12 bits per heavy atom. The summed E-state index contributed by atoms with van der Waals surface area (Å²) in [5.41, 5.74) is 5.85. The molecule has 2 atom stereocenters. The number of likely N-dealkylation sites (tertiary alicyclic amines) is 1. The van der Waals surface area contributed by atoms with Crippen LogP contribution in [-0.2, 0) is 11.3 Å². The van der Waals surface area contributed by atoms with Gasteiger partial charge < -0.3 is 10.5 Å². The van der Waals surface area contributed by atoms with E-state index in [0.29, 0.717) is 18.7 Å². The zero-order valence-electron chi connectivity index (χ0n) is 9.93. The molecule has 2 rings (SSSR count). The number of thiazole rings is 1. The minimum atomic E-state index is 0.372. The molecule has 1 aromatic heterocycles. The first-order valence-corrected chi connectivity index (χ1v) is 7.69. The number of methoxy groups -OCH3 is 1. The Bertz CT molecular complexity index is 360. The molecule has 0 saturated carbocycles. The van der Waals surface area contributed by atoms with Crippen molar-refractivity contribution >= 4 is 33.9 Å². The van der Waals surface area contributed by atoms with E-state index in [1.54, 1.807) is 18.4 Å². The van der Waals surface area contributed by atoms with Crippen LogP contribution in [0.25, 0.3) is 0 Å². The topological polar surface area (TPSA) is 51.4 Å². The molecule has 96 valence electrons. The fourth-order valence-electron chi connectivity index (χ4n) is 2.27. The minimum absolute atomic E-state index is 0.372. The van der Waals surface area contributed by atoms with E-state index >= 15 is 0 Å². The van der Waals surface area contributed by atoms with Gasteiger partial charge in [0.05, 0.1) is 21.7 Å². The Morgan fingerprint density at radius 2 is 2.53 bits per heavy atom. The number of nitrogens with two attached hydrogens (primary N) is 1. The smallest absolute Gasteiger partial charge is 0.108 e. The zero-order valence-corrected chi connectivity index (χ0v) is 12.9. The lowest BCUT2D eigenvalue weighted by atomic mass is 9.99. The van der Waals surface area contributed by atoms with Crippen LogP contribution in [0, 0.1) is 2.88 Å². The van der Waals surface area contributed by atoms with Crippen molar-refractivity contribution < 1.29 is 4.74 Å². The monoisotopic (exact) mass is 367 g/mol. The molecule has 0 aromatic carbocycles. The van der Waals surface area contributed by atoms with E-state index in [2.05, 4.69) is 32.5 Å². The van der Waals surface area contributed by atoms with E-state index in [9.17, 15) is 0 Å². The minimum Gasteiger partial charge on any atom is -0.381 e. The van der Waals surface area contributed by atoms with Crippen molar-refractivity contribution in [2.75, 3.05) is 20.2 Å². The van der Waals surface area contributed by atoms with E-state index in [4.69, 9.17) is 10.5 Å². The third-order valence-electron chi connectivity index (χ3n) is 3.26. The number of ether oxygens (including phenoxy) is 1. The summed E-state index contributed by atoms with van der Waals surface area (Å²) in [4.78, 5) is 6.85. The number of hydrogen-bond donors (Lipinski definition) is 1. The molecule has 0 aliphatic carbocycles. The second-order valence-electron chi connectivity index (χ2n) is 4.30. The van der Waals surface area contributed by atoms with Gasteiger partial charge in [-0.1, -0.05) is 0 Å². The average Bonchev–Trinajstić information content (AvgIpc) is 2.75. The van der Waals surface area contributed by atoms with Crippen LogP contribution in [0.4, 0.5) is 0 Å². The predicted octanol–water partition coefficient (Wildman–Crippen LogP) is 1.69. The van der Waals surface area contributed by atoms with Crippen LogP contribution >= 0.6 is 33.9 Å². The molecule has 2 N–H and O–H groups in total. The van der Waals surface area contributed by atoms with Gasteiger partial charge in [0.2, 0.25) is 0 Å². The van der Waals surface area contributed by atoms with Crippen molar-refractivity contribution in [2.45, 2.75) is 31.5 Å². The fourth-order valence-corrected chi connectivity index (χ4v) is 3.83. The van der Waals surface area contributed by atoms with E-state index < -0.39 is 0 Å². The molecule has 2 heterocycles. The maximum Gasteiger partial charge on any atom is 0.108 e. The molecule has 4 nitrogen and oxygen atoms in total. The van der Waals surface area contributed by atoms with Crippen molar-refractivity contribution in [3.8, 4) is 0 Å². The molecule has 1 aliphatic heterocycles. The lowest BCUT2D eigenvalue weighted by Gasteiger charge is -2.37. The number of nitrogens with zero attached hydrogens (tertiary/aromatic N) is 2. The highest BCUT2D eigenvalue weighted by Gasteiger charge is 2.27. The first-order chi connectivity index (χ1) is 8.22. The maximum absolute atomic E-state index is 5.85. The van der Waals surface area contributed by atoms with Crippen LogP contribution in [0.1, 0.15) is 17.8 Å². The molecule has 6 heteroatoms. The third-order valence-corrected chi connectivity index (χ3v) is 4.97. The van der Waals surface area contributed by atoms with Crippen LogP contribution in [0.3, 0.4) is 0 Å². The molecule has 1 aromatic rings. The summed E-state index contributed by atoms with van der Waals surface area (Å²) < 4.78 is 6.67. The quantitative estimate of drug-likeness (QED) is 0.823. The second kappa shape index (κ2) is 6.42. The van der Waals surface area contributed by atoms with Gasteiger partial charge in [-0.3, -0.25) is 4.90 Å². The van der Waals surface area contributed by atoms with Crippen molar-refractivity contribution in [1.29, 1.82) is 0 Å². The summed E-state index contributed by atoms with van der Waals surface area (Å²) in [6.07, 6.45) is 4.43. The van der Waals surface area contributed by atoms with Crippen LogP contribution in [0.2, 0.25) is 0 Å². The Balaban J connectivity index is 1.95. The van der Waals surface area contributed by atoms with E-state index in [0.717, 1.165) is 25.9 Å². The summed E-state index contributed by atoms with van der Waals surface area (Å²) in [5.74, 6) is 0. The van der Waals surface area contributed by atoms with E-state index in [1.807, 2.05) is 6.20 Å². The summed E-state index contributed by atoms with van der Waals surface area (Å²) >= 11 is 4.07. The fraction of sp³-hybridized carbons (Fsp3) is 0.727. The van der Waals surface area contributed by atoms with E-state index in [1.165, 1.54) is 7.89 Å². The lowest BCUT2D eigenvalue weighted by molar-refractivity contribution is 0.0102. The molecule has 0 spiro atoms.